The van der Waals surface area contributed by atoms with Gasteiger partial charge >= 0.3 is 0 Å². The number of hydrogen-bond donors (Lipinski definition) is 1. The van der Waals surface area contributed by atoms with Gasteiger partial charge in [0.05, 0.1) is 25.0 Å². The van der Waals surface area contributed by atoms with Crippen molar-refractivity contribution in [2.75, 3.05) is 18.5 Å². The molecule has 1 aliphatic heterocycles. The molecule has 0 amide bonds. The van der Waals surface area contributed by atoms with Crippen molar-refractivity contribution >= 4 is 17.4 Å². The summed E-state index contributed by atoms with van der Waals surface area (Å²) in [4.78, 5) is 8.72. The Morgan fingerprint density at radius 1 is 1.50 bits per heavy atom. The number of anilines is 1. The number of fused-ring (bicyclic) bond motifs is 2. The smallest absolute Gasteiger partial charge is 0.208 e. The SMILES string of the molecule is C=C(OCC)c1cnc(NCc2c(F)ccc3c2CCO3)n2cc(C#N)nc12. The van der Waals surface area contributed by atoms with Crippen molar-refractivity contribution in [2.45, 2.75) is 19.9 Å². The maximum Gasteiger partial charge on any atom is 0.208 e. The molecule has 0 atom stereocenters. The van der Waals surface area contributed by atoms with Crippen LogP contribution < -0.4 is 10.1 Å². The fraction of sp³-hybridized carbons (Fsp3) is 0.250. The molecule has 0 saturated carbocycles. The van der Waals surface area contributed by atoms with Crippen molar-refractivity contribution in [3.05, 3.63) is 59.3 Å². The number of rotatable bonds is 6. The Bertz CT molecular complexity index is 1120. The van der Waals surface area contributed by atoms with Crippen LogP contribution in [0.15, 0.2) is 31.1 Å². The zero-order valence-electron chi connectivity index (χ0n) is 15.3. The van der Waals surface area contributed by atoms with Crippen LogP contribution in [-0.4, -0.2) is 27.6 Å². The maximum absolute atomic E-state index is 14.4. The number of nitrogens with zero attached hydrogens (tertiary/aromatic N) is 4. The first-order valence-corrected chi connectivity index (χ1v) is 8.89. The molecular weight excluding hydrogens is 361 g/mol. The van der Waals surface area contributed by atoms with E-state index in [0.29, 0.717) is 53.9 Å². The van der Waals surface area contributed by atoms with E-state index in [1.54, 1.807) is 22.9 Å². The average molecular weight is 379 g/mol. The van der Waals surface area contributed by atoms with E-state index in [1.807, 2.05) is 13.0 Å². The molecule has 7 nitrogen and oxygen atoms in total. The summed E-state index contributed by atoms with van der Waals surface area (Å²) < 4.78 is 27.0. The number of imidazole rings is 1. The first kappa shape index (κ1) is 17.8. The van der Waals surface area contributed by atoms with Gasteiger partial charge in [0, 0.05) is 30.3 Å². The van der Waals surface area contributed by atoms with E-state index >= 15 is 0 Å². The zero-order valence-corrected chi connectivity index (χ0v) is 15.3. The van der Waals surface area contributed by atoms with Gasteiger partial charge in [-0.05, 0) is 19.1 Å². The van der Waals surface area contributed by atoms with Crippen molar-refractivity contribution in [3.8, 4) is 11.8 Å². The lowest BCUT2D eigenvalue weighted by molar-refractivity contribution is 0.299. The Labute approximate surface area is 161 Å². The van der Waals surface area contributed by atoms with Crippen LogP contribution in [0.2, 0.25) is 0 Å². The minimum absolute atomic E-state index is 0.228. The summed E-state index contributed by atoms with van der Waals surface area (Å²) in [5.41, 5.74) is 2.74. The van der Waals surface area contributed by atoms with Gasteiger partial charge in [0.1, 0.15) is 23.4 Å². The molecule has 1 aromatic carbocycles. The first-order valence-electron chi connectivity index (χ1n) is 8.89. The minimum atomic E-state index is -0.294. The molecule has 1 N–H and O–H groups in total. The van der Waals surface area contributed by atoms with Gasteiger partial charge in [-0.15, -0.1) is 0 Å². The summed E-state index contributed by atoms with van der Waals surface area (Å²) in [6.07, 6.45) is 3.82. The van der Waals surface area contributed by atoms with E-state index in [9.17, 15) is 9.65 Å². The van der Waals surface area contributed by atoms with Gasteiger partial charge < -0.3 is 14.8 Å². The fourth-order valence-electron chi connectivity index (χ4n) is 3.28. The Morgan fingerprint density at radius 2 is 2.36 bits per heavy atom. The van der Waals surface area contributed by atoms with Crippen LogP contribution in [0, 0.1) is 17.1 Å². The van der Waals surface area contributed by atoms with Gasteiger partial charge in [-0.3, -0.25) is 4.40 Å². The quantitative estimate of drug-likeness (QED) is 0.662. The normalized spacial score (nSPS) is 12.3. The van der Waals surface area contributed by atoms with Gasteiger partial charge in [0.15, 0.2) is 11.3 Å². The molecule has 8 heteroatoms. The molecule has 0 saturated heterocycles. The van der Waals surface area contributed by atoms with Gasteiger partial charge in [-0.1, -0.05) is 6.58 Å². The molecule has 2 aromatic heterocycles. The second-order valence-corrected chi connectivity index (χ2v) is 6.24. The van der Waals surface area contributed by atoms with Crippen LogP contribution in [0.25, 0.3) is 11.4 Å². The van der Waals surface area contributed by atoms with E-state index < -0.39 is 0 Å². The van der Waals surface area contributed by atoms with Crippen LogP contribution in [-0.2, 0) is 17.7 Å². The Kier molecular flexibility index (Phi) is 4.57. The molecule has 142 valence electrons. The highest BCUT2D eigenvalue weighted by atomic mass is 19.1. The second kappa shape index (κ2) is 7.19. The number of ether oxygens (including phenoxy) is 2. The molecule has 3 heterocycles. The van der Waals surface area contributed by atoms with Crippen molar-refractivity contribution < 1.29 is 13.9 Å². The van der Waals surface area contributed by atoms with Crippen molar-refractivity contribution in [2.24, 2.45) is 0 Å². The lowest BCUT2D eigenvalue weighted by Gasteiger charge is -2.13. The summed E-state index contributed by atoms with van der Waals surface area (Å²) in [6, 6.07) is 5.08. The third-order valence-corrected chi connectivity index (χ3v) is 4.59. The van der Waals surface area contributed by atoms with Crippen LogP contribution >= 0.6 is 0 Å². The number of nitrogens with one attached hydrogen (secondary N) is 1. The van der Waals surface area contributed by atoms with Crippen molar-refractivity contribution in [1.29, 1.82) is 5.26 Å². The highest BCUT2D eigenvalue weighted by Crippen LogP contribution is 2.31. The number of hydrogen-bond acceptors (Lipinski definition) is 6. The molecule has 0 radical (unpaired) electrons. The Morgan fingerprint density at radius 3 is 3.14 bits per heavy atom. The summed E-state index contributed by atoms with van der Waals surface area (Å²) in [7, 11) is 0. The maximum atomic E-state index is 14.4. The van der Waals surface area contributed by atoms with Crippen LogP contribution in [0.5, 0.6) is 5.75 Å². The lowest BCUT2D eigenvalue weighted by Crippen LogP contribution is -2.10. The third kappa shape index (κ3) is 3.01. The molecule has 0 bridgehead atoms. The fourth-order valence-corrected chi connectivity index (χ4v) is 3.28. The summed E-state index contributed by atoms with van der Waals surface area (Å²) in [5, 5.41) is 12.4. The van der Waals surface area contributed by atoms with Crippen LogP contribution in [0.3, 0.4) is 0 Å². The minimum Gasteiger partial charge on any atom is -0.494 e. The molecule has 0 fully saturated rings. The first-order chi connectivity index (χ1) is 13.6. The zero-order chi connectivity index (χ0) is 19.7. The highest BCUT2D eigenvalue weighted by molar-refractivity contribution is 5.72. The largest absolute Gasteiger partial charge is 0.494 e. The number of nitriles is 1. The topological polar surface area (TPSA) is 84.5 Å². The molecule has 1 aliphatic rings. The second-order valence-electron chi connectivity index (χ2n) is 6.24. The molecule has 0 aliphatic carbocycles. The van der Waals surface area contributed by atoms with Gasteiger partial charge in [0.2, 0.25) is 5.95 Å². The lowest BCUT2D eigenvalue weighted by atomic mass is 10.0. The van der Waals surface area contributed by atoms with Crippen LogP contribution in [0.1, 0.15) is 29.3 Å². The molecule has 4 rings (SSSR count). The van der Waals surface area contributed by atoms with Crippen molar-refractivity contribution in [3.63, 3.8) is 0 Å². The predicted molar refractivity (Wildman–Crippen MR) is 101 cm³/mol. The highest BCUT2D eigenvalue weighted by Gasteiger charge is 2.20. The number of benzene rings is 1. The number of aromatic nitrogens is 3. The molecule has 3 aromatic rings. The van der Waals surface area contributed by atoms with E-state index in [4.69, 9.17) is 9.47 Å². The van der Waals surface area contributed by atoms with Gasteiger partial charge in [0.25, 0.3) is 0 Å². The third-order valence-electron chi connectivity index (χ3n) is 4.59. The van der Waals surface area contributed by atoms with Crippen LogP contribution in [0.4, 0.5) is 10.3 Å². The molecule has 0 unspecified atom stereocenters. The van der Waals surface area contributed by atoms with E-state index in [1.165, 1.54) is 6.07 Å². The van der Waals surface area contributed by atoms with E-state index in [2.05, 4.69) is 21.9 Å². The standard InChI is InChI=1S/C20H18FN5O2/c1-3-27-12(2)15-9-23-20(26-11-13(8-22)25-19(15)26)24-10-16-14-6-7-28-18(14)5-4-17(16)21/h4-5,9,11H,2-3,6-7,10H2,1H3,(H,23,24). The van der Waals surface area contributed by atoms with E-state index in [-0.39, 0.29) is 18.1 Å². The summed E-state index contributed by atoms with van der Waals surface area (Å²) >= 11 is 0. The predicted octanol–water partition coefficient (Wildman–Crippen LogP) is 3.29. The monoisotopic (exact) mass is 379 g/mol. The van der Waals surface area contributed by atoms with E-state index in [0.717, 1.165) is 5.56 Å². The van der Waals surface area contributed by atoms with Gasteiger partial charge in [-0.25, -0.2) is 14.4 Å². The molecule has 0 spiro atoms. The summed E-state index contributed by atoms with van der Waals surface area (Å²) in [5.74, 6) is 1.28. The van der Waals surface area contributed by atoms with Crippen molar-refractivity contribution in [1.82, 2.24) is 14.4 Å². The average Bonchev–Trinajstić information content (AvgIpc) is 3.34. The summed E-state index contributed by atoms with van der Waals surface area (Å²) in [6.45, 7) is 6.98. The van der Waals surface area contributed by atoms with Gasteiger partial charge in [-0.2, -0.15) is 5.26 Å². The Hall–Kier alpha value is -3.60. The number of halogens is 1. The molecule has 28 heavy (non-hydrogen) atoms. The molecular formula is C20H18FN5O2. The Balaban J connectivity index is 1.70.